The average molecular weight is 135 g/mol. The fourth-order valence-corrected chi connectivity index (χ4v) is 0.653. The molecule has 10 heavy (non-hydrogen) atoms. The van der Waals surface area contributed by atoms with Crippen LogP contribution in [0.15, 0.2) is 12.4 Å². The van der Waals surface area contributed by atoms with Gasteiger partial charge in [0.2, 0.25) is 0 Å². The second kappa shape index (κ2) is 3.70. The van der Waals surface area contributed by atoms with E-state index in [0.717, 1.165) is 12.1 Å². The second-order valence-electron chi connectivity index (χ2n) is 1.91. The highest BCUT2D eigenvalue weighted by Crippen LogP contribution is 1.90. The van der Waals surface area contributed by atoms with Gasteiger partial charge in [-0.05, 0) is 0 Å². The molecule has 3 heteroatoms. The summed E-state index contributed by atoms with van der Waals surface area (Å²) in [6, 6.07) is 0. The van der Waals surface area contributed by atoms with E-state index in [1.807, 2.05) is 6.20 Å². The molecule has 0 saturated carbocycles. The minimum Gasteiger partial charge on any atom is -0.302 e. The van der Waals surface area contributed by atoms with Crippen molar-refractivity contribution in [1.29, 1.82) is 0 Å². The van der Waals surface area contributed by atoms with Crippen molar-refractivity contribution in [3.8, 4) is 12.3 Å². The molecule has 0 saturated heterocycles. The van der Waals surface area contributed by atoms with Gasteiger partial charge in [0.1, 0.15) is 0 Å². The van der Waals surface area contributed by atoms with Crippen LogP contribution >= 0.6 is 0 Å². The van der Waals surface area contributed by atoms with E-state index in [2.05, 4.69) is 21.4 Å². The molecule has 0 radical (unpaired) electrons. The zero-order chi connectivity index (χ0) is 7.23. The van der Waals surface area contributed by atoms with Gasteiger partial charge in [0, 0.05) is 18.3 Å². The van der Waals surface area contributed by atoms with Crippen molar-refractivity contribution in [2.45, 2.75) is 6.54 Å². The first-order chi connectivity index (χ1) is 4.93. The lowest BCUT2D eigenvalue weighted by Crippen LogP contribution is -2.12. The molecule has 0 aliphatic rings. The smallest absolute Gasteiger partial charge is 0.0576 e. The van der Waals surface area contributed by atoms with Gasteiger partial charge < -0.3 is 5.32 Å². The molecule has 1 heterocycles. The summed E-state index contributed by atoms with van der Waals surface area (Å²) < 4.78 is 0. The van der Waals surface area contributed by atoms with Crippen LogP contribution in [0.1, 0.15) is 5.56 Å². The third kappa shape index (κ3) is 1.92. The Labute approximate surface area is 59.8 Å². The molecule has 0 spiro atoms. The maximum absolute atomic E-state index is 5.03. The summed E-state index contributed by atoms with van der Waals surface area (Å²) in [7, 11) is 0. The molecule has 3 nitrogen and oxygen atoms in total. The predicted molar refractivity (Wildman–Crippen MR) is 39.1 cm³/mol. The maximum atomic E-state index is 5.03. The van der Waals surface area contributed by atoms with Crippen LogP contribution in [-0.4, -0.2) is 16.7 Å². The summed E-state index contributed by atoms with van der Waals surface area (Å²) in [6.45, 7) is 1.38. The lowest BCUT2D eigenvalue weighted by Gasteiger charge is -1.93. The van der Waals surface area contributed by atoms with Gasteiger partial charge in [-0.3, -0.25) is 5.10 Å². The van der Waals surface area contributed by atoms with Gasteiger partial charge in [-0.25, -0.2) is 0 Å². The summed E-state index contributed by atoms with van der Waals surface area (Å²) in [5.41, 5.74) is 1.12. The van der Waals surface area contributed by atoms with E-state index in [4.69, 9.17) is 6.42 Å². The largest absolute Gasteiger partial charge is 0.302 e. The third-order valence-electron chi connectivity index (χ3n) is 1.11. The lowest BCUT2D eigenvalue weighted by molar-refractivity contribution is 0.771. The topological polar surface area (TPSA) is 40.7 Å². The molecule has 0 fully saturated rings. The Balaban J connectivity index is 2.23. The number of H-pyrrole nitrogens is 1. The molecular weight excluding hydrogens is 126 g/mol. The average Bonchev–Trinajstić information content (AvgIpc) is 2.41. The second-order valence-corrected chi connectivity index (χ2v) is 1.91. The van der Waals surface area contributed by atoms with Crippen LogP contribution in [0.25, 0.3) is 0 Å². The van der Waals surface area contributed by atoms with E-state index in [-0.39, 0.29) is 0 Å². The first kappa shape index (κ1) is 6.84. The zero-order valence-electron chi connectivity index (χ0n) is 5.59. The van der Waals surface area contributed by atoms with Gasteiger partial charge in [0.15, 0.2) is 0 Å². The Morgan fingerprint density at radius 1 is 1.80 bits per heavy atom. The molecular formula is C7H9N3. The minimum atomic E-state index is 0.602. The number of nitrogens with zero attached hydrogens (tertiary/aromatic N) is 1. The molecule has 0 unspecified atom stereocenters. The molecule has 0 aromatic carbocycles. The summed E-state index contributed by atoms with van der Waals surface area (Å²) in [5, 5.41) is 9.54. The number of terminal acetylenes is 1. The van der Waals surface area contributed by atoms with Crippen molar-refractivity contribution < 1.29 is 0 Å². The van der Waals surface area contributed by atoms with Crippen molar-refractivity contribution in [2.24, 2.45) is 0 Å². The zero-order valence-corrected chi connectivity index (χ0v) is 5.59. The van der Waals surface area contributed by atoms with E-state index in [1.54, 1.807) is 6.20 Å². The van der Waals surface area contributed by atoms with Crippen LogP contribution < -0.4 is 5.32 Å². The molecule has 1 rings (SSSR count). The first-order valence-electron chi connectivity index (χ1n) is 3.05. The molecule has 0 amide bonds. The van der Waals surface area contributed by atoms with Gasteiger partial charge in [0.25, 0.3) is 0 Å². The normalized spacial score (nSPS) is 9.10. The number of rotatable bonds is 3. The number of hydrogen-bond acceptors (Lipinski definition) is 2. The van der Waals surface area contributed by atoms with Crippen molar-refractivity contribution >= 4 is 0 Å². The first-order valence-corrected chi connectivity index (χ1v) is 3.05. The van der Waals surface area contributed by atoms with E-state index in [1.165, 1.54) is 0 Å². The molecule has 1 aromatic heterocycles. The quantitative estimate of drug-likeness (QED) is 0.457. The standard InChI is InChI=1S/C7H9N3/c1-2-3-8-4-7-5-9-10-6-7/h1,5-6,8H,3-4H2,(H,9,10). The maximum Gasteiger partial charge on any atom is 0.0576 e. The molecule has 0 aliphatic heterocycles. The predicted octanol–water partition coefficient (Wildman–Crippen LogP) is 0.132. The highest BCUT2D eigenvalue weighted by Gasteiger charge is 1.89. The SMILES string of the molecule is C#CCNCc1cn[nH]c1. The molecule has 0 bridgehead atoms. The Morgan fingerprint density at radius 3 is 3.30 bits per heavy atom. The van der Waals surface area contributed by atoms with Crippen molar-refractivity contribution in [3.63, 3.8) is 0 Å². The summed E-state index contributed by atoms with van der Waals surface area (Å²) >= 11 is 0. The fraction of sp³-hybridized carbons (Fsp3) is 0.286. The van der Waals surface area contributed by atoms with Crippen LogP contribution in [0.3, 0.4) is 0 Å². The molecule has 0 aliphatic carbocycles. The third-order valence-corrected chi connectivity index (χ3v) is 1.11. The van der Waals surface area contributed by atoms with Crippen LogP contribution in [-0.2, 0) is 6.54 Å². The van der Waals surface area contributed by atoms with Crippen LogP contribution in [0, 0.1) is 12.3 Å². The summed E-state index contributed by atoms with van der Waals surface area (Å²) in [4.78, 5) is 0. The van der Waals surface area contributed by atoms with Gasteiger partial charge in [0.05, 0.1) is 12.7 Å². The van der Waals surface area contributed by atoms with E-state index < -0.39 is 0 Å². The molecule has 0 atom stereocenters. The highest BCUT2D eigenvalue weighted by molar-refractivity contribution is 5.02. The Bertz CT molecular complexity index is 207. The van der Waals surface area contributed by atoms with E-state index in [9.17, 15) is 0 Å². The van der Waals surface area contributed by atoms with Gasteiger partial charge in [-0.15, -0.1) is 6.42 Å². The summed E-state index contributed by atoms with van der Waals surface area (Å²) in [5.74, 6) is 2.49. The van der Waals surface area contributed by atoms with E-state index >= 15 is 0 Å². The molecule has 52 valence electrons. The van der Waals surface area contributed by atoms with Gasteiger partial charge in [-0.1, -0.05) is 5.92 Å². The highest BCUT2D eigenvalue weighted by atomic mass is 15.1. The van der Waals surface area contributed by atoms with Crippen LogP contribution in [0.5, 0.6) is 0 Å². The number of aromatic nitrogens is 2. The van der Waals surface area contributed by atoms with Crippen molar-refractivity contribution in [2.75, 3.05) is 6.54 Å². The lowest BCUT2D eigenvalue weighted by atomic mass is 10.4. The minimum absolute atomic E-state index is 0.602. The van der Waals surface area contributed by atoms with Crippen molar-refractivity contribution in [3.05, 3.63) is 18.0 Å². The monoisotopic (exact) mass is 135 g/mol. The van der Waals surface area contributed by atoms with E-state index in [0.29, 0.717) is 6.54 Å². The summed E-state index contributed by atoms with van der Waals surface area (Å²) in [6.07, 6.45) is 8.64. The van der Waals surface area contributed by atoms with Crippen LogP contribution in [0.2, 0.25) is 0 Å². The van der Waals surface area contributed by atoms with Gasteiger partial charge in [-0.2, -0.15) is 5.10 Å². The number of hydrogen-bond donors (Lipinski definition) is 2. The Morgan fingerprint density at radius 2 is 2.70 bits per heavy atom. The van der Waals surface area contributed by atoms with Crippen LogP contribution in [0.4, 0.5) is 0 Å². The molecule has 2 N–H and O–H groups in total. The molecule has 1 aromatic rings. The Hall–Kier alpha value is -1.27. The van der Waals surface area contributed by atoms with Gasteiger partial charge >= 0.3 is 0 Å². The number of nitrogens with one attached hydrogen (secondary N) is 2. The van der Waals surface area contributed by atoms with Crippen molar-refractivity contribution in [1.82, 2.24) is 15.5 Å². The number of aromatic amines is 1. The fourth-order valence-electron chi connectivity index (χ4n) is 0.653. The Kier molecular flexibility index (Phi) is 2.53.